The van der Waals surface area contributed by atoms with Crippen molar-refractivity contribution < 1.29 is 8.85 Å². The third-order valence-corrected chi connectivity index (χ3v) is 12.1. The molecule has 0 aromatic carbocycles. The van der Waals surface area contributed by atoms with Crippen LogP contribution >= 0.6 is 0 Å². The Balaban J connectivity index is 2.38. The SMILES string of the molecule is CO[Si](OC)(C1C(C)CCCC1C)C1C(C)CCCC1C. The number of rotatable bonds is 4. The van der Waals surface area contributed by atoms with Gasteiger partial charge in [0, 0.05) is 25.3 Å². The van der Waals surface area contributed by atoms with Gasteiger partial charge in [0.25, 0.3) is 0 Å². The Morgan fingerprint density at radius 3 is 1.14 bits per heavy atom. The normalized spacial score (nSPS) is 42.0. The topological polar surface area (TPSA) is 18.5 Å². The van der Waals surface area contributed by atoms with Crippen molar-refractivity contribution in [2.45, 2.75) is 77.3 Å². The van der Waals surface area contributed by atoms with Crippen LogP contribution in [0.2, 0.25) is 11.1 Å². The van der Waals surface area contributed by atoms with Gasteiger partial charge in [0.1, 0.15) is 0 Å². The summed E-state index contributed by atoms with van der Waals surface area (Å²) in [5.41, 5.74) is 1.32. The molecule has 2 rings (SSSR count). The molecule has 4 atom stereocenters. The monoisotopic (exact) mass is 312 g/mol. The Morgan fingerprint density at radius 2 is 0.905 bits per heavy atom. The highest BCUT2D eigenvalue weighted by molar-refractivity contribution is 6.70. The van der Waals surface area contributed by atoms with Crippen LogP contribution in [0.1, 0.15) is 66.2 Å². The van der Waals surface area contributed by atoms with E-state index in [2.05, 4.69) is 27.7 Å². The van der Waals surface area contributed by atoms with E-state index in [9.17, 15) is 0 Å². The fourth-order valence-corrected chi connectivity index (χ4v) is 11.3. The summed E-state index contributed by atoms with van der Waals surface area (Å²) in [6, 6.07) is 0. The second-order valence-corrected chi connectivity index (χ2v) is 11.5. The zero-order valence-electron chi connectivity index (χ0n) is 15.0. The first kappa shape index (κ1) is 17.5. The first-order valence-electron chi connectivity index (χ1n) is 9.08. The number of hydrogen-bond donors (Lipinski definition) is 0. The van der Waals surface area contributed by atoms with Crippen LogP contribution in [0.15, 0.2) is 0 Å². The van der Waals surface area contributed by atoms with E-state index in [0.717, 1.165) is 23.7 Å². The van der Waals surface area contributed by atoms with E-state index in [0.29, 0.717) is 11.1 Å². The molecule has 124 valence electrons. The summed E-state index contributed by atoms with van der Waals surface area (Å²) < 4.78 is 12.7. The quantitative estimate of drug-likeness (QED) is 0.649. The van der Waals surface area contributed by atoms with Crippen LogP contribution in [0.3, 0.4) is 0 Å². The molecule has 2 saturated carbocycles. The largest absolute Gasteiger partial charge is 0.397 e. The van der Waals surface area contributed by atoms with Crippen LogP contribution in [0.4, 0.5) is 0 Å². The maximum absolute atomic E-state index is 6.36. The Labute approximate surface area is 133 Å². The molecule has 2 aliphatic carbocycles. The second kappa shape index (κ2) is 7.14. The molecule has 4 unspecified atom stereocenters. The van der Waals surface area contributed by atoms with E-state index >= 15 is 0 Å². The molecule has 2 fully saturated rings. The molecule has 0 aliphatic heterocycles. The van der Waals surface area contributed by atoms with Crippen LogP contribution in [0, 0.1) is 23.7 Å². The molecule has 0 aromatic rings. The average molecular weight is 313 g/mol. The molecule has 0 spiro atoms. The predicted molar refractivity (Wildman–Crippen MR) is 91.6 cm³/mol. The van der Waals surface area contributed by atoms with Crippen LogP contribution in [-0.4, -0.2) is 22.8 Å². The van der Waals surface area contributed by atoms with Crippen molar-refractivity contribution in [1.82, 2.24) is 0 Å². The zero-order valence-corrected chi connectivity index (χ0v) is 16.0. The molecule has 0 aromatic heterocycles. The molecule has 2 aliphatic rings. The summed E-state index contributed by atoms with van der Waals surface area (Å²) >= 11 is 0. The Hall–Kier alpha value is 0.137. The Kier molecular flexibility index (Phi) is 5.95. The van der Waals surface area contributed by atoms with Crippen molar-refractivity contribution in [3.63, 3.8) is 0 Å². The molecular weight excluding hydrogens is 276 g/mol. The van der Waals surface area contributed by atoms with Crippen LogP contribution in [0.25, 0.3) is 0 Å². The second-order valence-electron chi connectivity index (χ2n) is 7.95. The predicted octanol–water partition coefficient (Wildman–Crippen LogP) is 5.37. The fraction of sp³-hybridized carbons (Fsp3) is 1.00. The minimum absolute atomic E-state index is 0.661. The lowest BCUT2D eigenvalue weighted by atomic mass is 9.82. The maximum Gasteiger partial charge on any atom is 0.345 e. The van der Waals surface area contributed by atoms with Gasteiger partial charge in [-0.1, -0.05) is 66.2 Å². The molecule has 2 nitrogen and oxygen atoms in total. The van der Waals surface area contributed by atoms with E-state index in [4.69, 9.17) is 8.85 Å². The molecule has 0 radical (unpaired) electrons. The van der Waals surface area contributed by atoms with Gasteiger partial charge in [-0.05, 0) is 23.7 Å². The molecule has 3 heteroatoms. The maximum atomic E-state index is 6.36. The minimum Gasteiger partial charge on any atom is -0.397 e. The highest BCUT2D eigenvalue weighted by Crippen LogP contribution is 2.56. The van der Waals surface area contributed by atoms with Crippen molar-refractivity contribution in [2.24, 2.45) is 23.7 Å². The van der Waals surface area contributed by atoms with Crippen LogP contribution < -0.4 is 0 Å². The van der Waals surface area contributed by atoms with Gasteiger partial charge in [0.2, 0.25) is 0 Å². The molecular formula is C18H36O2Si. The third kappa shape index (κ3) is 3.11. The van der Waals surface area contributed by atoms with E-state index in [1.165, 1.54) is 38.5 Å². The lowest BCUT2D eigenvalue weighted by Crippen LogP contribution is -2.57. The Bertz CT molecular complexity index is 281. The van der Waals surface area contributed by atoms with E-state index in [1.54, 1.807) is 0 Å². The van der Waals surface area contributed by atoms with Gasteiger partial charge in [-0.25, -0.2) is 0 Å². The van der Waals surface area contributed by atoms with Gasteiger partial charge in [-0.15, -0.1) is 0 Å². The van der Waals surface area contributed by atoms with Gasteiger partial charge >= 0.3 is 8.56 Å². The molecule has 21 heavy (non-hydrogen) atoms. The summed E-state index contributed by atoms with van der Waals surface area (Å²) in [4.78, 5) is 0. The van der Waals surface area contributed by atoms with Crippen molar-refractivity contribution in [3.05, 3.63) is 0 Å². The summed E-state index contributed by atoms with van der Waals surface area (Å²) in [7, 11) is 1.69. The average Bonchev–Trinajstić information content (AvgIpc) is 2.45. The van der Waals surface area contributed by atoms with Gasteiger partial charge in [0.05, 0.1) is 0 Å². The van der Waals surface area contributed by atoms with Crippen molar-refractivity contribution in [2.75, 3.05) is 14.2 Å². The van der Waals surface area contributed by atoms with Crippen LogP contribution in [0.5, 0.6) is 0 Å². The van der Waals surface area contributed by atoms with Gasteiger partial charge in [0.15, 0.2) is 0 Å². The third-order valence-electron chi connectivity index (χ3n) is 6.66. The van der Waals surface area contributed by atoms with Crippen molar-refractivity contribution in [3.8, 4) is 0 Å². The molecule has 0 bridgehead atoms. The van der Waals surface area contributed by atoms with Crippen molar-refractivity contribution in [1.29, 1.82) is 0 Å². The molecule has 0 saturated heterocycles. The standard InChI is InChI=1S/C18H36O2Si/c1-13-9-7-10-14(2)17(13)21(19-5,20-6)18-15(3)11-8-12-16(18)4/h13-18H,7-12H2,1-6H3. The summed E-state index contributed by atoms with van der Waals surface area (Å²) in [6.45, 7) is 9.77. The Morgan fingerprint density at radius 1 is 0.619 bits per heavy atom. The van der Waals surface area contributed by atoms with E-state index < -0.39 is 8.56 Å². The first-order valence-corrected chi connectivity index (χ1v) is 11.0. The lowest BCUT2D eigenvalue weighted by molar-refractivity contribution is 0.131. The molecule has 0 amide bonds. The van der Waals surface area contributed by atoms with Gasteiger partial charge in [-0.3, -0.25) is 0 Å². The number of hydrogen-bond acceptors (Lipinski definition) is 2. The highest BCUT2D eigenvalue weighted by Gasteiger charge is 2.58. The first-order chi connectivity index (χ1) is 9.97. The smallest absolute Gasteiger partial charge is 0.345 e. The highest BCUT2D eigenvalue weighted by atomic mass is 28.4. The summed E-state index contributed by atoms with van der Waals surface area (Å²) in [6.07, 6.45) is 8.18. The van der Waals surface area contributed by atoms with Crippen LogP contribution in [-0.2, 0) is 8.85 Å². The fourth-order valence-electron chi connectivity index (χ4n) is 5.80. The van der Waals surface area contributed by atoms with E-state index in [1.807, 2.05) is 14.2 Å². The minimum atomic E-state index is -2.19. The summed E-state index contributed by atoms with van der Waals surface area (Å²) in [5.74, 6) is 3.01. The molecule has 0 N–H and O–H groups in total. The van der Waals surface area contributed by atoms with Gasteiger partial charge in [-0.2, -0.15) is 0 Å². The van der Waals surface area contributed by atoms with E-state index in [-0.39, 0.29) is 0 Å². The zero-order chi connectivity index (χ0) is 15.6. The molecule has 0 heterocycles. The lowest BCUT2D eigenvalue weighted by Gasteiger charge is -2.52. The summed E-state index contributed by atoms with van der Waals surface area (Å²) in [5, 5.41) is 0. The van der Waals surface area contributed by atoms with Crippen molar-refractivity contribution >= 4 is 8.56 Å². The van der Waals surface area contributed by atoms with Gasteiger partial charge < -0.3 is 8.85 Å².